The summed E-state index contributed by atoms with van der Waals surface area (Å²) in [6.45, 7) is 4.56. The second kappa shape index (κ2) is 6.09. The van der Waals surface area contributed by atoms with E-state index in [1.165, 1.54) is 7.11 Å². The zero-order chi connectivity index (χ0) is 12.8. The number of rotatable bonds is 6. The van der Waals surface area contributed by atoms with Crippen LogP contribution in [0.4, 0.5) is 11.6 Å². The minimum atomic E-state index is 0.0320. The van der Waals surface area contributed by atoms with Crippen molar-refractivity contribution < 1.29 is 14.2 Å². The van der Waals surface area contributed by atoms with E-state index in [-0.39, 0.29) is 30.2 Å². The summed E-state index contributed by atoms with van der Waals surface area (Å²) in [4.78, 5) is 7.77. The molecule has 0 radical (unpaired) electrons. The third-order valence-electron chi connectivity index (χ3n) is 1.76. The third-order valence-corrected chi connectivity index (χ3v) is 1.76. The Morgan fingerprint density at radius 1 is 1.12 bits per heavy atom. The Balaban J connectivity index is 2.85. The number of hydrogen-bond donors (Lipinski definition) is 2. The average Bonchev–Trinajstić information content (AvgIpc) is 2.27. The van der Waals surface area contributed by atoms with Gasteiger partial charge in [-0.1, -0.05) is 13.8 Å². The molecule has 0 spiro atoms. The molecule has 0 aliphatic carbocycles. The maximum Gasteiger partial charge on any atom is 0.248 e. The van der Waals surface area contributed by atoms with Crippen LogP contribution in [-0.2, 0) is 4.74 Å². The summed E-state index contributed by atoms with van der Waals surface area (Å²) in [6, 6.07) is 0. The Hall–Kier alpha value is -1.76. The van der Waals surface area contributed by atoms with Gasteiger partial charge < -0.3 is 25.7 Å². The summed E-state index contributed by atoms with van der Waals surface area (Å²) in [5.74, 6) is 0.799. The first kappa shape index (κ1) is 13.3. The van der Waals surface area contributed by atoms with Gasteiger partial charge in [-0.05, 0) is 5.92 Å². The van der Waals surface area contributed by atoms with E-state index in [2.05, 4.69) is 9.97 Å². The minimum absolute atomic E-state index is 0.0320. The molecule has 0 aromatic carbocycles. The maximum absolute atomic E-state index is 5.79. The van der Waals surface area contributed by atoms with Crippen LogP contribution < -0.4 is 20.9 Å². The quantitative estimate of drug-likeness (QED) is 0.706. The molecule has 1 aromatic rings. The van der Waals surface area contributed by atoms with Gasteiger partial charge in [0.15, 0.2) is 12.5 Å². The lowest BCUT2D eigenvalue weighted by Gasteiger charge is -2.13. The van der Waals surface area contributed by atoms with Crippen molar-refractivity contribution in [2.45, 2.75) is 13.8 Å². The topological polar surface area (TPSA) is 106 Å². The molecule has 7 heteroatoms. The Labute approximate surface area is 100 Å². The van der Waals surface area contributed by atoms with Crippen LogP contribution >= 0.6 is 0 Å². The molecule has 0 aliphatic heterocycles. The molecular formula is C10H18N4O3. The minimum Gasteiger partial charge on any atom is -0.476 e. The van der Waals surface area contributed by atoms with Gasteiger partial charge in [-0.2, -0.15) is 9.97 Å². The van der Waals surface area contributed by atoms with E-state index in [9.17, 15) is 0 Å². The van der Waals surface area contributed by atoms with Crippen LogP contribution in [0.1, 0.15) is 13.8 Å². The molecule has 1 heterocycles. The maximum atomic E-state index is 5.79. The summed E-state index contributed by atoms with van der Waals surface area (Å²) in [5, 5.41) is 0. The standard InChI is InChI=1S/C10H18N4O3/c1-6(2)4-16-8-7(11)9(17-5-15-3)14-10(12)13-8/h6H,4-5,11H2,1-3H3,(H2,12,13,14). The summed E-state index contributed by atoms with van der Waals surface area (Å²) in [6.07, 6.45) is 0. The fourth-order valence-corrected chi connectivity index (χ4v) is 1.03. The summed E-state index contributed by atoms with van der Waals surface area (Å²) < 4.78 is 15.3. The molecule has 0 atom stereocenters. The number of nitrogens with zero attached hydrogens (tertiary/aromatic N) is 2. The Kier molecular flexibility index (Phi) is 4.77. The van der Waals surface area contributed by atoms with Gasteiger partial charge in [0.1, 0.15) is 0 Å². The van der Waals surface area contributed by atoms with E-state index in [4.69, 9.17) is 25.7 Å². The van der Waals surface area contributed by atoms with Crippen LogP contribution in [0.15, 0.2) is 0 Å². The lowest BCUT2D eigenvalue weighted by atomic mass is 10.2. The van der Waals surface area contributed by atoms with Crippen molar-refractivity contribution in [3.05, 3.63) is 0 Å². The fourth-order valence-electron chi connectivity index (χ4n) is 1.03. The molecule has 96 valence electrons. The van der Waals surface area contributed by atoms with E-state index >= 15 is 0 Å². The Bertz CT molecular complexity index is 371. The fraction of sp³-hybridized carbons (Fsp3) is 0.600. The van der Waals surface area contributed by atoms with Crippen LogP contribution in [0.3, 0.4) is 0 Å². The van der Waals surface area contributed by atoms with Crippen molar-refractivity contribution in [2.75, 3.05) is 32.0 Å². The van der Waals surface area contributed by atoms with Gasteiger partial charge in [0, 0.05) is 7.11 Å². The second-order valence-electron chi connectivity index (χ2n) is 3.86. The van der Waals surface area contributed by atoms with E-state index < -0.39 is 0 Å². The number of aromatic nitrogens is 2. The lowest BCUT2D eigenvalue weighted by Crippen LogP contribution is -2.12. The van der Waals surface area contributed by atoms with E-state index in [1.54, 1.807) is 0 Å². The van der Waals surface area contributed by atoms with Crippen molar-refractivity contribution in [3.63, 3.8) is 0 Å². The predicted octanol–water partition coefficient (Wildman–Crippen LogP) is 0.658. The van der Waals surface area contributed by atoms with Crippen molar-refractivity contribution in [2.24, 2.45) is 5.92 Å². The first-order chi connectivity index (χ1) is 8.04. The van der Waals surface area contributed by atoms with Crippen molar-refractivity contribution in [1.82, 2.24) is 9.97 Å². The first-order valence-corrected chi connectivity index (χ1v) is 5.22. The molecule has 0 bridgehead atoms. The smallest absolute Gasteiger partial charge is 0.248 e. The number of ether oxygens (including phenoxy) is 3. The monoisotopic (exact) mass is 242 g/mol. The van der Waals surface area contributed by atoms with E-state index in [1.807, 2.05) is 13.8 Å². The highest BCUT2D eigenvalue weighted by Crippen LogP contribution is 2.28. The van der Waals surface area contributed by atoms with Gasteiger partial charge in [-0.3, -0.25) is 0 Å². The molecule has 0 fully saturated rings. The first-order valence-electron chi connectivity index (χ1n) is 5.22. The van der Waals surface area contributed by atoms with Crippen molar-refractivity contribution in [1.29, 1.82) is 0 Å². The largest absolute Gasteiger partial charge is 0.476 e. The second-order valence-corrected chi connectivity index (χ2v) is 3.86. The molecule has 0 aliphatic rings. The summed E-state index contributed by atoms with van der Waals surface area (Å²) in [5.41, 5.74) is 11.5. The molecule has 0 amide bonds. The number of nitrogen functional groups attached to an aromatic ring is 2. The van der Waals surface area contributed by atoms with Crippen LogP contribution in [0.5, 0.6) is 11.8 Å². The highest BCUT2D eigenvalue weighted by molar-refractivity contribution is 5.58. The number of hydrogen-bond acceptors (Lipinski definition) is 7. The normalized spacial score (nSPS) is 10.6. The molecule has 1 rings (SSSR count). The van der Waals surface area contributed by atoms with Gasteiger partial charge in [0.2, 0.25) is 17.7 Å². The molecule has 0 saturated carbocycles. The van der Waals surface area contributed by atoms with Crippen LogP contribution in [-0.4, -0.2) is 30.5 Å². The molecule has 0 unspecified atom stereocenters. The average molecular weight is 242 g/mol. The summed E-state index contributed by atoms with van der Waals surface area (Å²) >= 11 is 0. The zero-order valence-corrected chi connectivity index (χ0v) is 10.3. The Morgan fingerprint density at radius 2 is 1.71 bits per heavy atom. The van der Waals surface area contributed by atoms with E-state index in [0.29, 0.717) is 12.5 Å². The molecule has 0 saturated heterocycles. The molecule has 1 aromatic heterocycles. The molecule has 7 nitrogen and oxygen atoms in total. The van der Waals surface area contributed by atoms with Crippen LogP contribution in [0.2, 0.25) is 0 Å². The van der Waals surface area contributed by atoms with Crippen molar-refractivity contribution in [3.8, 4) is 11.8 Å². The van der Waals surface area contributed by atoms with Crippen LogP contribution in [0.25, 0.3) is 0 Å². The number of methoxy groups -OCH3 is 1. The van der Waals surface area contributed by atoms with Gasteiger partial charge in [0.05, 0.1) is 6.61 Å². The SMILES string of the molecule is COCOc1nc(N)nc(OCC(C)C)c1N. The molecule has 4 N–H and O–H groups in total. The van der Waals surface area contributed by atoms with Gasteiger partial charge in [0.25, 0.3) is 0 Å². The number of nitrogens with two attached hydrogens (primary N) is 2. The molecular weight excluding hydrogens is 224 g/mol. The number of anilines is 2. The van der Waals surface area contributed by atoms with Gasteiger partial charge >= 0.3 is 0 Å². The predicted molar refractivity (Wildman–Crippen MR) is 63.7 cm³/mol. The Morgan fingerprint density at radius 3 is 2.24 bits per heavy atom. The van der Waals surface area contributed by atoms with E-state index in [0.717, 1.165) is 0 Å². The molecule has 17 heavy (non-hydrogen) atoms. The summed E-state index contributed by atoms with van der Waals surface area (Å²) in [7, 11) is 1.50. The van der Waals surface area contributed by atoms with Crippen molar-refractivity contribution >= 4 is 11.6 Å². The van der Waals surface area contributed by atoms with Crippen LogP contribution in [0, 0.1) is 5.92 Å². The third kappa shape index (κ3) is 3.95. The van der Waals surface area contributed by atoms with Gasteiger partial charge in [-0.25, -0.2) is 0 Å². The lowest BCUT2D eigenvalue weighted by molar-refractivity contribution is 0.0482. The highest BCUT2D eigenvalue weighted by atomic mass is 16.7. The highest BCUT2D eigenvalue weighted by Gasteiger charge is 2.13. The van der Waals surface area contributed by atoms with Gasteiger partial charge in [-0.15, -0.1) is 0 Å². The zero-order valence-electron chi connectivity index (χ0n) is 10.3.